The third kappa shape index (κ3) is 3.94. The Morgan fingerprint density at radius 2 is 1.79 bits per heavy atom. The van der Waals surface area contributed by atoms with Crippen LogP contribution in [0.2, 0.25) is 0 Å². The molecule has 9 nitrogen and oxygen atoms in total. The minimum atomic E-state index is -1.08. The van der Waals surface area contributed by atoms with Crippen molar-refractivity contribution in [1.82, 2.24) is 10.9 Å². The summed E-state index contributed by atoms with van der Waals surface area (Å²) in [5.41, 5.74) is 4.07. The van der Waals surface area contributed by atoms with E-state index in [9.17, 15) is 24.5 Å². The van der Waals surface area contributed by atoms with Gasteiger partial charge in [0.2, 0.25) is 5.91 Å². The summed E-state index contributed by atoms with van der Waals surface area (Å²) >= 11 is 0. The molecule has 0 fully saturated rings. The van der Waals surface area contributed by atoms with Crippen molar-refractivity contribution in [3.05, 3.63) is 52.1 Å². The van der Waals surface area contributed by atoms with Crippen molar-refractivity contribution in [2.45, 2.75) is 12.8 Å². The molecule has 0 bridgehead atoms. The van der Waals surface area contributed by atoms with Crippen LogP contribution in [0, 0.1) is 22.0 Å². The lowest BCUT2D eigenvalue weighted by molar-refractivity contribution is -0.384. The summed E-state index contributed by atoms with van der Waals surface area (Å²) in [5.74, 6) is -4.08. The fourth-order valence-corrected chi connectivity index (χ4v) is 2.42. The highest BCUT2D eigenvalue weighted by Crippen LogP contribution is 2.25. The Hall–Kier alpha value is -3.23. The molecule has 0 heterocycles. The lowest BCUT2D eigenvalue weighted by Crippen LogP contribution is -2.47. The van der Waals surface area contributed by atoms with Crippen molar-refractivity contribution in [3.8, 4) is 0 Å². The van der Waals surface area contributed by atoms with Gasteiger partial charge in [0.15, 0.2) is 0 Å². The van der Waals surface area contributed by atoms with E-state index < -0.39 is 34.5 Å². The SMILES string of the molecule is O=C(NNC(=O)[C@H]1CC=CC[C@@H]1C(=O)O)c1cccc([N+](=O)[O-])c1. The topological polar surface area (TPSA) is 139 Å². The molecule has 1 aliphatic rings. The molecule has 2 amide bonds. The zero-order valence-electron chi connectivity index (χ0n) is 12.5. The number of carbonyl (C=O) groups excluding carboxylic acids is 2. The molecule has 9 heteroatoms. The summed E-state index contributed by atoms with van der Waals surface area (Å²) in [6, 6.07) is 5.02. The number of hydrogen-bond donors (Lipinski definition) is 3. The van der Waals surface area contributed by atoms with Gasteiger partial charge in [0.1, 0.15) is 0 Å². The molecule has 3 N–H and O–H groups in total. The van der Waals surface area contributed by atoms with Crippen LogP contribution in [0.5, 0.6) is 0 Å². The quantitative estimate of drug-likeness (QED) is 0.427. The van der Waals surface area contributed by atoms with Crippen molar-refractivity contribution in [1.29, 1.82) is 0 Å². The number of nitro groups is 1. The van der Waals surface area contributed by atoms with Crippen LogP contribution in [-0.2, 0) is 9.59 Å². The Morgan fingerprint density at radius 1 is 1.12 bits per heavy atom. The van der Waals surface area contributed by atoms with Gasteiger partial charge in [0, 0.05) is 17.7 Å². The van der Waals surface area contributed by atoms with Crippen molar-refractivity contribution in [2.24, 2.45) is 11.8 Å². The third-order valence-corrected chi connectivity index (χ3v) is 3.70. The van der Waals surface area contributed by atoms with Crippen LogP contribution in [0.1, 0.15) is 23.2 Å². The van der Waals surface area contributed by atoms with Crippen LogP contribution in [0.15, 0.2) is 36.4 Å². The van der Waals surface area contributed by atoms with E-state index in [4.69, 9.17) is 5.11 Å². The van der Waals surface area contributed by atoms with Crippen molar-refractivity contribution >= 4 is 23.5 Å². The number of non-ortho nitro benzene ring substituents is 1. The van der Waals surface area contributed by atoms with E-state index in [-0.39, 0.29) is 24.1 Å². The predicted octanol–water partition coefficient (Wildman–Crippen LogP) is 1.02. The fourth-order valence-electron chi connectivity index (χ4n) is 2.42. The van der Waals surface area contributed by atoms with Crippen LogP contribution in [-0.4, -0.2) is 27.8 Å². The van der Waals surface area contributed by atoms with E-state index in [1.165, 1.54) is 18.2 Å². The fraction of sp³-hybridized carbons (Fsp3) is 0.267. The Balaban J connectivity index is 1.99. The zero-order valence-corrected chi connectivity index (χ0v) is 12.5. The molecule has 1 aromatic rings. The Labute approximate surface area is 136 Å². The average molecular weight is 333 g/mol. The first-order valence-corrected chi connectivity index (χ1v) is 7.12. The lowest BCUT2D eigenvalue weighted by Gasteiger charge is -2.24. The number of carbonyl (C=O) groups is 3. The number of nitro benzene ring substituents is 1. The second-order valence-corrected chi connectivity index (χ2v) is 5.24. The van der Waals surface area contributed by atoms with Crippen LogP contribution in [0.25, 0.3) is 0 Å². The summed E-state index contributed by atoms with van der Waals surface area (Å²) in [5, 5.41) is 19.8. The van der Waals surface area contributed by atoms with E-state index in [2.05, 4.69) is 10.9 Å². The van der Waals surface area contributed by atoms with E-state index in [1.54, 1.807) is 12.2 Å². The average Bonchev–Trinajstić information content (AvgIpc) is 2.59. The molecule has 1 aromatic carbocycles. The van der Waals surface area contributed by atoms with Crippen LogP contribution in [0.4, 0.5) is 5.69 Å². The number of hydrazine groups is 1. The van der Waals surface area contributed by atoms with Gasteiger partial charge in [-0.1, -0.05) is 18.2 Å². The number of aliphatic carboxylic acids is 1. The van der Waals surface area contributed by atoms with Gasteiger partial charge < -0.3 is 5.11 Å². The zero-order chi connectivity index (χ0) is 17.7. The maximum absolute atomic E-state index is 12.1. The number of carboxylic acid groups (broad SMARTS) is 1. The number of hydrogen-bond acceptors (Lipinski definition) is 5. The number of amides is 2. The van der Waals surface area contributed by atoms with Gasteiger partial charge in [-0.3, -0.25) is 35.3 Å². The van der Waals surface area contributed by atoms with Gasteiger partial charge in [-0.15, -0.1) is 0 Å². The number of rotatable bonds is 4. The third-order valence-electron chi connectivity index (χ3n) is 3.70. The minimum absolute atomic E-state index is 0.00262. The van der Waals surface area contributed by atoms with E-state index in [1.807, 2.05) is 0 Å². The van der Waals surface area contributed by atoms with Crippen molar-refractivity contribution in [3.63, 3.8) is 0 Å². The highest BCUT2D eigenvalue weighted by Gasteiger charge is 2.34. The highest BCUT2D eigenvalue weighted by molar-refractivity contribution is 5.96. The first-order chi connectivity index (χ1) is 11.4. The summed E-state index contributed by atoms with van der Waals surface area (Å²) in [7, 11) is 0. The van der Waals surface area contributed by atoms with Crippen LogP contribution < -0.4 is 10.9 Å². The molecule has 24 heavy (non-hydrogen) atoms. The molecule has 0 aliphatic heterocycles. The van der Waals surface area contributed by atoms with Gasteiger partial charge in [0.25, 0.3) is 11.6 Å². The molecule has 1 aliphatic carbocycles. The Kier molecular flexibility index (Phi) is 5.25. The van der Waals surface area contributed by atoms with E-state index >= 15 is 0 Å². The molecule has 0 radical (unpaired) electrons. The molecule has 0 aromatic heterocycles. The summed E-state index contributed by atoms with van der Waals surface area (Å²) in [6.45, 7) is 0. The maximum Gasteiger partial charge on any atom is 0.307 e. The van der Waals surface area contributed by atoms with Gasteiger partial charge >= 0.3 is 5.97 Å². The second kappa shape index (κ2) is 7.36. The summed E-state index contributed by atoms with van der Waals surface area (Å²) < 4.78 is 0. The molecule has 0 spiro atoms. The number of benzene rings is 1. The standard InChI is InChI=1S/C15H15N3O6/c19-13(9-4-3-5-10(8-9)18(23)24)16-17-14(20)11-6-1-2-7-12(11)15(21)22/h1-5,8,11-12H,6-7H2,(H,16,19)(H,17,20)(H,21,22)/t11-,12-/m0/s1. The second-order valence-electron chi connectivity index (χ2n) is 5.24. The van der Waals surface area contributed by atoms with Gasteiger partial charge in [0.05, 0.1) is 16.8 Å². The van der Waals surface area contributed by atoms with Gasteiger partial charge in [-0.25, -0.2) is 0 Å². The first-order valence-electron chi connectivity index (χ1n) is 7.12. The molecular weight excluding hydrogens is 318 g/mol. The first kappa shape index (κ1) is 17.1. The molecular formula is C15H15N3O6. The van der Waals surface area contributed by atoms with E-state index in [0.717, 1.165) is 6.07 Å². The molecule has 0 saturated carbocycles. The predicted molar refractivity (Wildman–Crippen MR) is 81.7 cm³/mol. The summed E-state index contributed by atoms with van der Waals surface area (Å²) in [6.07, 6.45) is 3.91. The van der Waals surface area contributed by atoms with Crippen LogP contribution >= 0.6 is 0 Å². The number of allylic oxidation sites excluding steroid dienone is 2. The normalized spacial score (nSPS) is 19.3. The molecule has 0 unspecified atom stereocenters. The minimum Gasteiger partial charge on any atom is -0.481 e. The molecule has 2 atom stereocenters. The molecule has 126 valence electrons. The maximum atomic E-state index is 12.1. The molecule has 0 saturated heterocycles. The molecule has 2 rings (SSSR count). The number of nitrogens with one attached hydrogen (secondary N) is 2. The van der Waals surface area contributed by atoms with Gasteiger partial charge in [-0.05, 0) is 18.9 Å². The largest absolute Gasteiger partial charge is 0.481 e. The number of carboxylic acids is 1. The van der Waals surface area contributed by atoms with E-state index in [0.29, 0.717) is 0 Å². The van der Waals surface area contributed by atoms with Crippen molar-refractivity contribution in [2.75, 3.05) is 0 Å². The lowest BCUT2D eigenvalue weighted by atomic mass is 9.82. The Morgan fingerprint density at radius 3 is 2.42 bits per heavy atom. The highest BCUT2D eigenvalue weighted by atomic mass is 16.6. The smallest absolute Gasteiger partial charge is 0.307 e. The monoisotopic (exact) mass is 333 g/mol. The van der Waals surface area contributed by atoms with Crippen molar-refractivity contribution < 1.29 is 24.4 Å². The van der Waals surface area contributed by atoms with Gasteiger partial charge in [-0.2, -0.15) is 0 Å². The van der Waals surface area contributed by atoms with Crippen LogP contribution in [0.3, 0.4) is 0 Å². The summed E-state index contributed by atoms with van der Waals surface area (Å²) in [4.78, 5) is 45.3. The Bertz CT molecular complexity index is 715. The number of nitrogens with zero attached hydrogens (tertiary/aromatic N) is 1.